The maximum Gasteiger partial charge on any atom is 0.305 e. The zero-order valence-corrected chi connectivity index (χ0v) is 38.6. The first-order chi connectivity index (χ1) is 27.2. The van der Waals surface area contributed by atoms with Crippen LogP contribution in [0.2, 0.25) is 0 Å². The Labute approximate surface area is 348 Å². The second-order valence-electron chi connectivity index (χ2n) is 18.1. The number of carbonyl (C=O) groups excluding carboxylic acids is 1. The molecule has 0 heterocycles. The molecule has 0 aromatic rings. The number of rotatable bonds is 48. The second-order valence-corrected chi connectivity index (χ2v) is 18.1. The molecule has 0 N–H and O–H groups in total. The molecule has 1 unspecified atom stereocenters. The Hall–Kier alpha value is -0.790. The van der Waals surface area contributed by atoms with Crippen molar-refractivity contribution >= 4 is 5.97 Å². The third-order valence-corrected chi connectivity index (χ3v) is 12.4. The van der Waals surface area contributed by atoms with E-state index in [-0.39, 0.29) is 5.97 Å². The highest BCUT2D eigenvalue weighted by Gasteiger charge is 2.03. The highest BCUT2D eigenvalue weighted by Crippen LogP contribution is 2.18. The minimum absolute atomic E-state index is 0.0186. The molecule has 0 saturated heterocycles. The van der Waals surface area contributed by atoms with Gasteiger partial charge in [-0.05, 0) is 38.0 Å². The minimum Gasteiger partial charge on any atom is -0.466 e. The topological polar surface area (TPSA) is 26.3 Å². The van der Waals surface area contributed by atoms with Crippen molar-refractivity contribution in [2.24, 2.45) is 5.92 Å². The molecule has 0 aliphatic carbocycles. The summed E-state index contributed by atoms with van der Waals surface area (Å²) in [6.07, 6.45) is 66.5. The lowest BCUT2D eigenvalue weighted by molar-refractivity contribution is -0.143. The lowest BCUT2D eigenvalue weighted by Gasteiger charge is -2.07. The SMILES string of the molecule is CCCC/C=C\CCCCCCCC(=O)OCCCCCCCCCCCCCCCCCCCCCCCCCCCCCCCCCCCC(C)CC. The normalized spacial score (nSPS) is 12.3. The monoisotopic (exact) mass is 773 g/mol. The highest BCUT2D eigenvalue weighted by molar-refractivity contribution is 5.69. The van der Waals surface area contributed by atoms with E-state index >= 15 is 0 Å². The fourth-order valence-electron chi connectivity index (χ4n) is 8.16. The third-order valence-electron chi connectivity index (χ3n) is 12.4. The summed E-state index contributed by atoms with van der Waals surface area (Å²) in [6.45, 7) is 7.61. The molecule has 328 valence electrons. The van der Waals surface area contributed by atoms with Gasteiger partial charge in [0.2, 0.25) is 0 Å². The first-order valence-corrected chi connectivity index (χ1v) is 26.0. The van der Waals surface area contributed by atoms with E-state index in [4.69, 9.17) is 4.74 Å². The maximum absolute atomic E-state index is 12.0. The van der Waals surface area contributed by atoms with E-state index in [0.717, 1.165) is 25.2 Å². The average Bonchev–Trinajstić information content (AvgIpc) is 3.19. The Morgan fingerprint density at radius 3 is 1.02 bits per heavy atom. The van der Waals surface area contributed by atoms with E-state index < -0.39 is 0 Å². The van der Waals surface area contributed by atoms with Crippen LogP contribution in [0.25, 0.3) is 0 Å². The van der Waals surface area contributed by atoms with E-state index in [1.165, 1.54) is 263 Å². The lowest BCUT2D eigenvalue weighted by Crippen LogP contribution is -2.05. The summed E-state index contributed by atoms with van der Waals surface area (Å²) in [5.41, 5.74) is 0. The van der Waals surface area contributed by atoms with Crippen LogP contribution in [0.4, 0.5) is 0 Å². The number of hydrogen-bond donors (Lipinski definition) is 0. The zero-order chi connectivity index (χ0) is 39.8. The zero-order valence-electron chi connectivity index (χ0n) is 38.6. The summed E-state index contributed by atoms with van der Waals surface area (Å²) < 4.78 is 5.46. The smallest absolute Gasteiger partial charge is 0.305 e. The van der Waals surface area contributed by atoms with Gasteiger partial charge in [0.1, 0.15) is 0 Å². The summed E-state index contributed by atoms with van der Waals surface area (Å²) in [5.74, 6) is 0.959. The molecule has 0 aliphatic rings. The molecular formula is C53H104O2. The van der Waals surface area contributed by atoms with E-state index in [1.54, 1.807) is 0 Å². The van der Waals surface area contributed by atoms with Crippen molar-refractivity contribution in [3.8, 4) is 0 Å². The number of allylic oxidation sites excluding steroid dienone is 2. The van der Waals surface area contributed by atoms with Crippen LogP contribution >= 0.6 is 0 Å². The van der Waals surface area contributed by atoms with Crippen molar-refractivity contribution in [1.29, 1.82) is 0 Å². The molecule has 0 amide bonds. The van der Waals surface area contributed by atoms with Crippen LogP contribution in [0.5, 0.6) is 0 Å². The molecule has 0 radical (unpaired) electrons. The number of unbranched alkanes of at least 4 members (excludes halogenated alkanes) is 39. The minimum atomic E-state index is 0.0186. The number of ether oxygens (including phenoxy) is 1. The summed E-state index contributed by atoms with van der Waals surface area (Å²) in [4.78, 5) is 12.0. The van der Waals surface area contributed by atoms with Gasteiger partial charge >= 0.3 is 5.97 Å². The number of carbonyl (C=O) groups is 1. The Kier molecular flexibility index (Phi) is 48.6. The van der Waals surface area contributed by atoms with Gasteiger partial charge in [0.25, 0.3) is 0 Å². The van der Waals surface area contributed by atoms with Crippen LogP contribution in [0.3, 0.4) is 0 Å². The number of esters is 1. The third kappa shape index (κ3) is 49.3. The fraction of sp³-hybridized carbons (Fsp3) is 0.943. The van der Waals surface area contributed by atoms with Gasteiger partial charge in [-0.2, -0.15) is 0 Å². The first-order valence-electron chi connectivity index (χ1n) is 26.0. The molecule has 0 spiro atoms. The van der Waals surface area contributed by atoms with Gasteiger partial charge in [-0.25, -0.2) is 0 Å². The van der Waals surface area contributed by atoms with Crippen LogP contribution in [0.15, 0.2) is 12.2 Å². The molecule has 1 atom stereocenters. The Morgan fingerprint density at radius 2 is 0.673 bits per heavy atom. The quantitative estimate of drug-likeness (QED) is 0.0350. The number of hydrogen-bond acceptors (Lipinski definition) is 2. The van der Waals surface area contributed by atoms with Gasteiger partial charge in [0.15, 0.2) is 0 Å². The summed E-state index contributed by atoms with van der Waals surface area (Å²) in [7, 11) is 0. The maximum atomic E-state index is 12.0. The Balaban J connectivity index is 3.13. The molecule has 2 heteroatoms. The van der Waals surface area contributed by atoms with Gasteiger partial charge < -0.3 is 4.74 Å². The molecule has 0 saturated carbocycles. The average molecular weight is 773 g/mol. The van der Waals surface area contributed by atoms with Gasteiger partial charge in [-0.3, -0.25) is 4.79 Å². The van der Waals surface area contributed by atoms with E-state index in [0.29, 0.717) is 13.0 Å². The highest BCUT2D eigenvalue weighted by atomic mass is 16.5. The fourth-order valence-corrected chi connectivity index (χ4v) is 8.16. The Bertz CT molecular complexity index is 728. The summed E-state index contributed by atoms with van der Waals surface area (Å²) in [6, 6.07) is 0. The summed E-state index contributed by atoms with van der Waals surface area (Å²) in [5, 5.41) is 0. The first kappa shape index (κ1) is 54.2. The molecule has 0 fully saturated rings. The molecule has 0 aromatic heterocycles. The molecular weight excluding hydrogens is 669 g/mol. The van der Waals surface area contributed by atoms with Crippen LogP contribution in [-0.2, 0) is 9.53 Å². The molecule has 0 aliphatic heterocycles. The molecule has 0 aromatic carbocycles. The standard InChI is InChI=1S/C53H104O2/c1-4-6-7-8-9-10-34-38-41-44-47-50-53(54)55-51-48-45-42-39-36-33-31-29-27-25-23-21-19-17-15-13-11-12-14-16-18-20-22-24-26-28-30-32-35-37-40-43-46-49-52(3)5-2/h8-9,52H,4-7,10-51H2,1-3H3/b9-8-. The largest absolute Gasteiger partial charge is 0.466 e. The van der Waals surface area contributed by atoms with Crippen molar-refractivity contribution in [2.45, 2.75) is 310 Å². The van der Waals surface area contributed by atoms with Crippen LogP contribution in [0, 0.1) is 5.92 Å². The molecule has 0 bridgehead atoms. The van der Waals surface area contributed by atoms with E-state index in [2.05, 4.69) is 32.9 Å². The molecule has 0 rings (SSSR count). The summed E-state index contributed by atoms with van der Waals surface area (Å²) >= 11 is 0. The predicted octanol–water partition coefficient (Wildman–Crippen LogP) is 19.3. The molecule has 55 heavy (non-hydrogen) atoms. The van der Waals surface area contributed by atoms with Crippen molar-refractivity contribution in [2.75, 3.05) is 6.61 Å². The van der Waals surface area contributed by atoms with Crippen LogP contribution in [-0.4, -0.2) is 12.6 Å². The van der Waals surface area contributed by atoms with Gasteiger partial charge in [-0.1, -0.05) is 283 Å². The second kappa shape index (κ2) is 49.4. The van der Waals surface area contributed by atoms with Crippen LogP contribution < -0.4 is 0 Å². The van der Waals surface area contributed by atoms with E-state index in [9.17, 15) is 4.79 Å². The van der Waals surface area contributed by atoms with Gasteiger partial charge in [-0.15, -0.1) is 0 Å². The van der Waals surface area contributed by atoms with E-state index in [1.807, 2.05) is 0 Å². The van der Waals surface area contributed by atoms with Gasteiger partial charge in [0, 0.05) is 6.42 Å². The van der Waals surface area contributed by atoms with Crippen molar-refractivity contribution in [3.05, 3.63) is 12.2 Å². The molecule has 2 nitrogen and oxygen atoms in total. The van der Waals surface area contributed by atoms with Crippen molar-refractivity contribution in [1.82, 2.24) is 0 Å². The van der Waals surface area contributed by atoms with Crippen LogP contribution in [0.1, 0.15) is 310 Å². The van der Waals surface area contributed by atoms with Crippen molar-refractivity contribution < 1.29 is 9.53 Å². The predicted molar refractivity (Wildman–Crippen MR) is 248 cm³/mol. The lowest BCUT2D eigenvalue weighted by atomic mass is 9.99. The van der Waals surface area contributed by atoms with Crippen molar-refractivity contribution in [3.63, 3.8) is 0 Å². The Morgan fingerprint density at radius 1 is 0.382 bits per heavy atom. The van der Waals surface area contributed by atoms with Gasteiger partial charge in [0.05, 0.1) is 6.61 Å².